The molecule has 1 aliphatic carbocycles. The summed E-state index contributed by atoms with van der Waals surface area (Å²) in [4.78, 5) is 0. The maximum absolute atomic E-state index is 10.2. The highest BCUT2D eigenvalue weighted by Gasteiger charge is 2.37. The van der Waals surface area contributed by atoms with Gasteiger partial charge in [0, 0.05) is 5.92 Å². The molecule has 1 aromatic carbocycles. The summed E-state index contributed by atoms with van der Waals surface area (Å²) in [6.45, 7) is 7.78. The van der Waals surface area contributed by atoms with Gasteiger partial charge < -0.3 is 10.2 Å². The van der Waals surface area contributed by atoms with E-state index in [2.05, 4.69) is 26.0 Å². The Morgan fingerprint density at radius 1 is 1.06 bits per heavy atom. The fourth-order valence-electron chi connectivity index (χ4n) is 2.92. The Labute approximate surface area is 103 Å². The number of benzene rings is 1. The minimum Gasteiger partial charge on any atom is -0.392 e. The molecule has 2 N–H and O–H groups in total. The van der Waals surface area contributed by atoms with Crippen molar-refractivity contribution in [1.29, 1.82) is 0 Å². The zero-order valence-corrected chi connectivity index (χ0v) is 11.1. The van der Waals surface area contributed by atoms with Crippen LogP contribution in [0.1, 0.15) is 36.1 Å². The molecule has 0 heterocycles. The van der Waals surface area contributed by atoms with E-state index in [1.807, 2.05) is 0 Å². The van der Waals surface area contributed by atoms with Gasteiger partial charge in [-0.3, -0.25) is 0 Å². The maximum Gasteiger partial charge on any atom is 0.0647 e. The number of aryl methyl sites for hydroxylation is 2. The Morgan fingerprint density at radius 2 is 1.53 bits per heavy atom. The zero-order valence-electron chi connectivity index (χ0n) is 11.1. The average Bonchev–Trinajstić information content (AvgIpc) is 2.21. The number of aliphatic hydroxyl groups excluding tert-OH is 1. The van der Waals surface area contributed by atoms with E-state index in [1.165, 1.54) is 22.3 Å². The third-order valence-electron chi connectivity index (χ3n) is 4.11. The van der Waals surface area contributed by atoms with Crippen LogP contribution in [0.5, 0.6) is 0 Å². The molecule has 0 amide bonds. The van der Waals surface area contributed by atoms with E-state index >= 15 is 0 Å². The summed E-state index contributed by atoms with van der Waals surface area (Å²) >= 11 is 0. The Hall–Kier alpha value is -0.860. The number of hydrogen-bond donors (Lipinski definition) is 2. The van der Waals surface area contributed by atoms with Crippen molar-refractivity contribution < 1.29 is 10.2 Å². The van der Waals surface area contributed by atoms with Gasteiger partial charge in [-0.2, -0.15) is 0 Å². The second-order valence-corrected chi connectivity index (χ2v) is 5.89. The molecule has 0 saturated carbocycles. The van der Waals surface area contributed by atoms with E-state index < -0.39 is 11.7 Å². The average molecular weight is 234 g/mol. The molecule has 0 fully saturated rings. The molecule has 2 rings (SSSR count). The number of aliphatic hydroxyl groups is 2. The molecule has 2 atom stereocenters. The Balaban J connectivity index is 2.44. The SMILES string of the molecule is Cc1ccc(C)c2c1C[C@@H](C(C)(C)O)[C@@H](O)C2. The van der Waals surface area contributed by atoms with Crippen molar-refractivity contribution in [2.24, 2.45) is 5.92 Å². The van der Waals surface area contributed by atoms with Crippen molar-refractivity contribution in [2.75, 3.05) is 0 Å². The minimum absolute atomic E-state index is 0.0736. The maximum atomic E-state index is 10.2. The third kappa shape index (κ3) is 2.24. The molecule has 94 valence electrons. The molecule has 1 aliphatic rings. The molecular weight excluding hydrogens is 212 g/mol. The predicted octanol–water partition coefficient (Wildman–Crippen LogP) is 2.15. The lowest BCUT2D eigenvalue weighted by atomic mass is 9.72. The smallest absolute Gasteiger partial charge is 0.0647 e. The number of hydrogen-bond acceptors (Lipinski definition) is 2. The van der Waals surface area contributed by atoms with Gasteiger partial charge in [-0.25, -0.2) is 0 Å². The van der Waals surface area contributed by atoms with Gasteiger partial charge in [0.25, 0.3) is 0 Å². The van der Waals surface area contributed by atoms with Crippen LogP contribution < -0.4 is 0 Å². The second kappa shape index (κ2) is 4.11. The summed E-state index contributed by atoms with van der Waals surface area (Å²) in [6.07, 6.45) is 0.994. The molecule has 17 heavy (non-hydrogen) atoms. The first kappa shape index (κ1) is 12.6. The molecule has 2 heteroatoms. The van der Waals surface area contributed by atoms with Crippen molar-refractivity contribution in [3.05, 3.63) is 34.4 Å². The molecule has 0 spiro atoms. The number of fused-ring (bicyclic) bond motifs is 1. The van der Waals surface area contributed by atoms with Crippen molar-refractivity contribution in [3.63, 3.8) is 0 Å². The highest BCUT2D eigenvalue weighted by molar-refractivity contribution is 5.42. The molecule has 0 radical (unpaired) electrons. The first-order valence-electron chi connectivity index (χ1n) is 6.29. The first-order valence-corrected chi connectivity index (χ1v) is 6.29. The molecule has 0 saturated heterocycles. The molecule has 0 unspecified atom stereocenters. The lowest BCUT2D eigenvalue weighted by Gasteiger charge is -2.38. The largest absolute Gasteiger partial charge is 0.392 e. The summed E-state index contributed by atoms with van der Waals surface area (Å²) in [7, 11) is 0. The topological polar surface area (TPSA) is 40.5 Å². The molecule has 0 aromatic heterocycles. The van der Waals surface area contributed by atoms with Crippen LogP contribution in [0.25, 0.3) is 0 Å². The van der Waals surface area contributed by atoms with Crippen molar-refractivity contribution in [3.8, 4) is 0 Å². The van der Waals surface area contributed by atoms with Crippen molar-refractivity contribution in [2.45, 2.75) is 52.2 Å². The van der Waals surface area contributed by atoms with Gasteiger partial charge in [-0.1, -0.05) is 12.1 Å². The minimum atomic E-state index is -0.826. The normalized spacial score (nSPS) is 24.6. The fraction of sp³-hybridized carbons (Fsp3) is 0.600. The van der Waals surface area contributed by atoms with Crippen molar-refractivity contribution in [1.82, 2.24) is 0 Å². The summed E-state index contributed by atoms with van der Waals surface area (Å²) in [5.74, 6) is -0.0736. The van der Waals surface area contributed by atoms with Crippen LogP contribution in [0.15, 0.2) is 12.1 Å². The van der Waals surface area contributed by atoms with Crippen LogP contribution in [0.4, 0.5) is 0 Å². The van der Waals surface area contributed by atoms with Gasteiger partial charge in [0.05, 0.1) is 11.7 Å². The molecule has 0 bridgehead atoms. The van der Waals surface area contributed by atoms with E-state index in [4.69, 9.17) is 0 Å². The Bertz CT molecular complexity index is 429. The summed E-state index contributed by atoms with van der Waals surface area (Å²) in [5, 5.41) is 20.3. The van der Waals surface area contributed by atoms with Gasteiger partial charge in [0.1, 0.15) is 0 Å². The van der Waals surface area contributed by atoms with Crippen LogP contribution in [0.3, 0.4) is 0 Å². The van der Waals surface area contributed by atoms with Gasteiger partial charge in [0.2, 0.25) is 0 Å². The van der Waals surface area contributed by atoms with Crippen LogP contribution in [-0.2, 0) is 12.8 Å². The molecular formula is C15H22O2. The standard InChI is InChI=1S/C15H22O2/c1-9-5-6-10(2)12-8-14(16)13(7-11(9)12)15(3,4)17/h5-6,13-14,16-17H,7-8H2,1-4H3/t13-,14+/m1/s1. The monoisotopic (exact) mass is 234 g/mol. The van der Waals surface area contributed by atoms with Gasteiger partial charge in [-0.15, -0.1) is 0 Å². The predicted molar refractivity (Wildman–Crippen MR) is 69.1 cm³/mol. The van der Waals surface area contributed by atoms with Gasteiger partial charge in [0.15, 0.2) is 0 Å². The lowest BCUT2D eigenvalue weighted by molar-refractivity contribution is -0.0500. The van der Waals surface area contributed by atoms with Crippen molar-refractivity contribution >= 4 is 0 Å². The zero-order chi connectivity index (χ0) is 12.8. The fourth-order valence-corrected chi connectivity index (χ4v) is 2.92. The van der Waals surface area contributed by atoms with E-state index in [0.717, 1.165) is 6.42 Å². The summed E-state index contributed by atoms with van der Waals surface area (Å²) < 4.78 is 0. The second-order valence-electron chi connectivity index (χ2n) is 5.89. The van der Waals surface area contributed by atoms with Crippen LogP contribution in [0, 0.1) is 19.8 Å². The van der Waals surface area contributed by atoms with Crippen LogP contribution in [-0.4, -0.2) is 21.9 Å². The third-order valence-corrected chi connectivity index (χ3v) is 4.11. The highest BCUT2D eigenvalue weighted by atomic mass is 16.3. The highest BCUT2D eigenvalue weighted by Crippen LogP contribution is 2.35. The van der Waals surface area contributed by atoms with Gasteiger partial charge >= 0.3 is 0 Å². The Morgan fingerprint density at radius 3 is 2.00 bits per heavy atom. The Kier molecular flexibility index (Phi) is 3.04. The molecule has 2 nitrogen and oxygen atoms in total. The first-order chi connectivity index (χ1) is 7.80. The molecule has 0 aliphatic heterocycles. The van der Waals surface area contributed by atoms with Crippen LogP contribution >= 0.6 is 0 Å². The number of rotatable bonds is 1. The molecule has 1 aromatic rings. The summed E-state index contributed by atoms with van der Waals surface area (Å²) in [5.41, 5.74) is 4.29. The summed E-state index contributed by atoms with van der Waals surface area (Å²) in [6, 6.07) is 4.25. The van der Waals surface area contributed by atoms with E-state index in [9.17, 15) is 10.2 Å². The van der Waals surface area contributed by atoms with Crippen LogP contribution in [0.2, 0.25) is 0 Å². The van der Waals surface area contributed by atoms with E-state index in [0.29, 0.717) is 6.42 Å². The lowest BCUT2D eigenvalue weighted by Crippen LogP contribution is -2.44. The van der Waals surface area contributed by atoms with Gasteiger partial charge in [-0.05, 0) is 62.8 Å². The van der Waals surface area contributed by atoms with E-state index in [1.54, 1.807) is 13.8 Å². The quantitative estimate of drug-likeness (QED) is 0.781. The van der Waals surface area contributed by atoms with E-state index in [-0.39, 0.29) is 5.92 Å².